The van der Waals surface area contributed by atoms with Crippen LogP contribution in [-0.4, -0.2) is 72.3 Å². The summed E-state index contributed by atoms with van der Waals surface area (Å²) < 4.78 is 67.5. The van der Waals surface area contributed by atoms with Gasteiger partial charge in [0.2, 0.25) is 0 Å². The molecule has 0 aliphatic heterocycles. The molecule has 1 saturated carbocycles. The lowest BCUT2D eigenvalue weighted by atomic mass is 9.83. The topological polar surface area (TPSA) is 145 Å². The molecule has 1 aliphatic carbocycles. The maximum atomic E-state index is 14.9. The highest BCUT2D eigenvalue weighted by Crippen LogP contribution is 2.49. The quantitative estimate of drug-likeness (QED) is 0.0256. The molecule has 1 aliphatic rings. The molecule has 0 bridgehead atoms. The number of rotatable bonds is 31. The molecule has 12 nitrogen and oxygen atoms in total. The van der Waals surface area contributed by atoms with Gasteiger partial charge in [0.05, 0.1) is 39.2 Å². The predicted molar refractivity (Wildman–Crippen MR) is 268 cm³/mol. The maximum Gasteiger partial charge on any atom is 0.328 e. The van der Waals surface area contributed by atoms with Crippen molar-refractivity contribution < 1.29 is 56.7 Å². The highest BCUT2D eigenvalue weighted by atomic mass is 31.2. The Morgan fingerprint density at radius 1 is 0.471 bits per heavy atom. The second-order valence-electron chi connectivity index (χ2n) is 17.7. The van der Waals surface area contributed by atoms with Crippen molar-refractivity contribution in [2.45, 2.75) is 147 Å². The van der Waals surface area contributed by atoms with E-state index < -0.39 is 68.4 Å². The molecule has 376 valence electrons. The molecule has 6 rings (SSSR count). The van der Waals surface area contributed by atoms with Crippen LogP contribution in [0, 0.1) is 0 Å². The van der Waals surface area contributed by atoms with Gasteiger partial charge in [0.25, 0.3) is 0 Å². The molecule has 0 aromatic heterocycles. The van der Waals surface area contributed by atoms with E-state index in [9.17, 15) is 19.0 Å². The van der Waals surface area contributed by atoms with Crippen LogP contribution in [0.1, 0.15) is 99.5 Å². The zero-order chi connectivity index (χ0) is 49.2. The van der Waals surface area contributed by atoms with E-state index in [1.54, 1.807) is 0 Å². The highest BCUT2D eigenvalue weighted by Gasteiger charge is 2.56. The average Bonchev–Trinajstić information content (AvgIpc) is 3.38. The fraction of sp³-hybridized carbons (Fsp3) is 0.439. The number of unbranched alkanes of at least 4 members (excludes halogenated alkanes) is 4. The van der Waals surface area contributed by atoms with Crippen LogP contribution in [0.25, 0.3) is 0 Å². The second-order valence-corrected chi connectivity index (χ2v) is 19.7. The molecule has 1 fully saturated rings. The molecule has 1 N–H and O–H groups in total. The molecular weight excluding hydrogens is 908 g/mol. The van der Waals surface area contributed by atoms with Crippen LogP contribution in [-0.2, 0) is 84.9 Å². The number of hydrogen-bond donors (Lipinski definition) is 1. The Morgan fingerprint density at radius 2 is 0.786 bits per heavy atom. The van der Waals surface area contributed by atoms with Crippen LogP contribution in [0.4, 0.5) is 0 Å². The van der Waals surface area contributed by atoms with E-state index in [2.05, 4.69) is 0 Å². The molecule has 5 aromatic rings. The Balaban J connectivity index is 1.39. The zero-order valence-corrected chi connectivity index (χ0v) is 41.6. The molecule has 0 spiro atoms. The predicted octanol–water partition coefficient (Wildman–Crippen LogP) is 11.5. The van der Waals surface area contributed by atoms with E-state index in [0.717, 1.165) is 53.5 Å². The van der Waals surface area contributed by atoms with Crippen molar-refractivity contribution in [1.29, 1.82) is 0 Å². The Bertz CT molecular complexity index is 2150. The molecule has 5 aromatic carbocycles. The summed E-state index contributed by atoms with van der Waals surface area (Å²) in [6, 6.07) is 48.5. The summed E-state index contributed by atoms with van der Waals surface area (Å²) in [6.07, 6.45) is -2.47. The summed E-state index contributed by atoms with van der Waals surface area (Å²) in [5.41, 5.74) is 4.41. The minimum Gasteiger partial charge on any atom is -0.462 e. The number of carbonyl (C=O) groups excluding carboxylic acids is 2. The van der Waals surface area contributed by atoms with E-state index in [4.69, 9.17) is 37.7 Å². The highest BCUT2D eigenvalue weighted by molar-refractivity contribution is 7.52. The minimum atomic E-state index is -4.65. The normalized spacial score (nSPS) is 20.3. The SMILES string of the molecule is CCCCCC(=O)OCC(CCP(=O)(O)OC1[C@@H](OCc2ccccc2)[C@H](OCc2ccccc2)C(OCc2ccccc2)[C@H](OCc2ccccc2)[C@@H]1OCc1ccccc1)OC(=O)CCCCC. The van der Waals surface area contributed by atoms with Crippen LogP contribution in [0.2, 0.25) is 0 Å². The van der Waals surface area contributed by atoms with Crippen molar-refractivity contribution in [3.63, 3.8) is 0 Å². The van der Waals surface area contributed by atoms with E-state index in [-0.39, 0.29) is 58.9 Å². The van der Waals surface area contributed by atoms with Crippen LogP contribution in [0.5, 0.6) is 0 Å². The Kier molecular flexibility index (Phi) is 23.3. The van der Waals surface area contributed by atoms with Gasteiger partial charge in [-0.15, -0.1) is 0 Å². The molecule has 4 unspecified atom stereocenters. The van der Waals surface area contributed by atoms with E-state index in [1.165, 1.54) is 0 Å². The minimum absolute atomic E-state index is 0.0956. The van der Waals surface area contributed by atoms with E-state index in [1.807, 2.05) is 166 Å². The van der Waals surface area contributed by atoms with Gasteiger partial charge in [0.1, 0.15) is 49.3 Å². The van der Waals surface area contributed by atoms with Gasteiger partial charge >= 0.3 is 19.5 Å². The van der Waals surface area contributed by atoms with E-state index in [0.29, 0.717) is 12.8 Å². The lowest BCUT2D eigenvalue weighted by Gasteiger charge is -2.50. The van der Waals surface area contributed by atoms with Crippen molar-refractivity contribution >= 4 is 19.5 Å². The average molecular weight is 979 g/mol. The van der Waals surface area contributed by atoms with Gasteiger partial charge in [-0.1, -0.05) is 191 Å². The van der Waals surface area contributed by atoms with Gasteiger partial charge in [0.15, 0.2) is 0 Å². The lowest BCUT2D eigenvalue weighted by Crippen LogP contribution is -2.67. The summed E-state index contributed by atoms with van der Waals surface area (Å²) in [5.74, 6) is -0.890. The molecule has 0 radical (unpaired) electrons. The van der Waals surface area contributed by atoms with Crippen LogP contribution < -0.4 is 0 Å². The number of esters is 2. The maximum absolute atomic E-state index is 14.9. The molecule has 0 saturated heterocycles. The Morgan fingerprint density at radius 3 is 1.11 bits per heavy atom. The van der Waals surface area contributed by atoms with Gasteiger partial charge in [0, 0.05) is 12.8 Å². The summed E-state index contributed by atoms with van der Waals surface area (Å²) in [5, 5.41) is 0. The van der Waals surface area contributed by atoms with Crippen LogP contribution in [0.3, 0.4) is 0 Å². The third-order valence-electron chi connectivity index (χ3n) is 12.1. The van der Waals surface area contributed by atoms with Crippen molar-refractivity contribution in [2.75, 3.05) is 12.8 Å². The second kappa shape index (κ2) is 30.0. The molecule has 70 heavy (non-hydrogen) atoms. The van der Waals surface area contributed by atoms with Gasteiger partial charge in [-0.3, -0.25) is 18.7 Å². The zero-order valence-electron chi connectivity index (χ0n) is 40.7. The first-order chi connectivity index (χ1) is 34.2. The molecule has 13 heteroatoms. The first-order valence-electron chi connectivity index (χ1n) is 24.8. The first-order valence-corrected chi connectivity index (χ1v) is 26.6. The van der Waals surface area contributed by atoms with Gasteiger partial charge < -0.3 is 38.1 Å². The molecule has 0 heterocycles. The molecule has 0 amide bonds. The van der Waals surface area contributed by atoms with Crippen molar-refractivity contribution in [1.82, 2.24) is 0 Å². The fourth-order valence-electron chi connectivity index (χ4n) is 8.29. The summed E-state index contributed by atoms with van der Waals surface area (Å²) >= 11 is 0. The van der Waals surface area contributed by atoms with Crippen molar-refractivity contribution in [3.05, 3.63) is 179 Å². The third kappa shape index (κ3) is 18.6. The number of benzene rings is 5. The van der Waals surface area contributed by atoms with E-state index >= 15 is 0 Å². The number of carbonyl (C=O) groups is 2. The van der Waals surface area contributed by atoms with Crippen molar-refractivity contribution in [3.8, 4) is 0 Å². The van der Waals surface area contributed by atoms with Gasteiger partial charge in [-0.2, -0.15) is 0 Å². The Hall–Kier alpha value is -5.01. The lowest BCUT2D eigenvalue weighted by molar-refractivity contribution is -0.279. The summed E-state index contributed by atoms with van der Waals surface area (Å²) in [4.78, 5) is 37.9. The fourth-order valence-corrected chi connectivity index (χ4v) is 9.63. The summed E-state index contributed by atoms with van der Waals surface area (Å²) in [7, 11) is -4.65. The third-order valence-corrected chi connectivity index (χ3v) is 13.5. The standard InChI is InChI=1S/C57H71O12P/c1-3-5-12-34-50(58)62-43-49(68-51(59)35-13-6-4-2)36-37-70(60,61)69-57-55(66-41-47-30-20-10-21-31-47)53(64-39-45-26-16-8-17-27-45)52(63-38-44-24-14-7-15-25-44)54(65-40-46-28-18-9-19-29-46)56(57)67-42-48-32-22-11-23-33-48/h7-11,14-33,49,52-57H,3-6,12-13,34-43H2,1-2H3,(H,60,61)/t49?,52?,53-,54+,55-,56-,57?/m0/s1. The Labute approximate surface area is 414 Å². The van der Waals surface area contributed by atoms with Crippen molar-refractivity contribution in [2.24, 2.45) is 0 Å². The van der Waals surface area contributed by atoms with Crippen LogP contribution in [0.15, 0.2) is 152 Å². The summed E-state index contributed by atoms with van der Waals surface area (Å²) in [6.45, 7) is 4.50. The smallest absolute Gasteiger partial charge is 0.328 e. The monoisotopic (exact) mass is 978 g/mol. The first kappa shape index (κ1) is 54.3. The van der Waals surface area contributed by atoms with Crippen LogP contribution >= 0.6 is 7.60 Å². The number of hydrogen-bond acceptors (Lipinski definition) is 11. The van der Waals surface area contributed by atoms with Gasteiger partial charge in [-0.25, -0.2) is 0 Å². The number of ether oxygens (including phenoxy) is 7. The molecule has 8 atom stereocenters. The largest absolute Gasteiger partial charge is 0.462 e. The van der Waals surface area contributed by atoms with Gasteiger partial charge in [-0.05, 0) is 47.1 Å². The molecular formula is C57H71O12P.